The molecule has 6 heteroatoms. The van der Waals surface area contributed by atoms with Gasteiger partial charge in [0, 0.05) is 19.2 Å². The fourth-order valence-corrected chi connectivity index (χ4v) is 1.89. The maximum Gasteiger partial charge on any atom is 0.326 e. The number of H-pyrrole nitrogens is 2. The van der Waals surface area contributed by atoms with Gasteiger partial charge in [0.1, 0.15) is 5.69 Å². The summed E-state index contributed by atoms with van der Waals surface area (Å²) in [6, 6.07) is 10.6. The van der Waals surface area contributed by atoms with Crippen LogP contribution in [0.2, 0.25) is 0 Å². The predicted molar refractivity (Wildman–Crippen MR) is 74.5 cm³/mol. The zero-order valence-electron chi connectivity index (χ0n) is 11.1. The number of hydrogen-bond acceptors (Lipinski definition) is 3. The molecular formula is C14H15N3O3. The molecule has 2 N–H and O–H groups in total. The van der Waals surface area contributed by atoms with Crippen LogP contribution in [0.1, 0.15) is 23.0 Å². The first-order valence-electron chi connectivity index (χ1n) is 6.27. The highest BCUT2D eigenvalue weighted by Gasteiger charge is 2.16. The molecule has 0 bridgehead atoms. The molecule has 0 atom stereocenters. The Morgan fingerprint density at radius 2 is 1.85 bits per heavy atom. The lowest BCUT2D eigenvalue weighted by molar-refractivity contribution is 0.0746. The van der Waals surface area contributed by atoms with Crippen molar-refractivity contribution in [2.45, 2.75) is 13.5 Å². The van der Waals surface area contributed by atoms with E-state index in [0.29, 0.717) is 13.1 Å². The molecule has 0 radical (unpaired) electrons. The third-order valence-corrected chi connectivity index (χ3v) is 2.88. The topological polar surface area (TPSA) is 86.0 Å². The number of hydrogen-bond donors (Lipinski definition) is 2. The van der Waals surface area contributed by atoms with Gasteiger partial charge in [-0.2, -0.15) is 0 Å². The molecule has 2 aromatic rings. The van der Waals surface area contributed by atoms with Crippen LogP contribution in [0.25, 0.3) is 0 Å². The average molecular weight is 273 g/mol. The van der Waals surface area contributed by atoms with Crippen LogP contribution < -0.4 is 11.2 Å². The maximum absolute atomic E-state index is 12.3. The van der Waals surface area contributed by atoms with Crippen LogP contribution in [0.3, 0.4) is 0 Å². The number of nitrogens with zero attached hydrogens (tertiary/aromatic N) is 1. The first-order valence-corrected chi connectivity index (χ1v) is 6.27. The Kier molecular flexibility index (Phi) is 4.14. The zero-order valence-corrected chi connectivity index (χ0v) is 11.1. The summed E-state index contributed by atoms with van der Waals surface area (Å²) in [4.78, 5) is 40.7. The molecule has 2 rings (SSSR count). The second-order valence-corrected chi connectivity index (χ2v) is 4.31. The summed E-state index contributed by atoms with van der Waals surface area (Å²) in [6.45, 7) is 2.74. The van der Waals surface area contributed by atoms with Crippen molar-refractivity contribution in [1.82, 2.24) is 14.9 Å². The number of benzene rings is 1. The minimum absolute atomic E-state index is 0.00321. The second-order valence-electron chi connectivity index (χ2n) is 4.31. The minimum atomic E-state index is -0.684. The smallest absolute Gasteiger partial charge is 0.326 e. The first kappa shape index (κ1) is 13.8. The molecule has 20 heavy (non-hydrogen) atoms. The molecule has 0 aliphatic rings. The summed E-state index contributed by atoms with van der Waals surface area (Å²) in [5.74, 6) is -0.375. The molecule has 0 saturated heterocycles. The highest BCUT2D eigenvalue weighted by atomic mass is 16.2. The normalized spacial score (nSPS) is 10.2. The molecule has 0 unspecified atom stereocenters. The van der Waals surface area contributed by atoms with E-state index in [9.17, 15) is 14.4 Å². The summed E-state index contributed by atoms with van der Waals surface area (Å²) in [5.41, 5.74) is -0.295. The van der Waals surface area contributed by atoms with E-state index in [1.165, 1.54) is 0 Å². The van der Waals surface area contributed by atoms with Crippen LogP contribution in [0.5, 0.6) is 0 Å². The van der Waals surface area contributed by atoms with Crippen LogP contribution in [-0.4, -0.2) is 27.3 Å². The molecule has 1 aromatic heterocycles. The summed E-state index contributed by atoms with van der Waals surface area (Å²) >= 11 is 0. The fourth-order valence-electron chi connectivity index (χ4n) is 1.89. The van der Waals surface area contributed by atoms with E-state index in [-0.39, 0.29) is 11.6 Å². The average Bonchev–Trinajstić information content (AvgIpc) is 2.44. The van der Waals surface area contributed by atoms with Crippen molar-refractivity contribution in [2.24, 2.45) is 0 Å². The van der Waals surface area contributed by atoms with Crippen LogP contribution in [0.15, 0.2) is 46.0 Å². The monoisotopic (exact) mass is 273 g/mol. The van der Waals surface area contributed by atoms with E-state index in [1.54, 1.807) is 4.90 Å². The minimum Gasteiger partial charge on any atom is -0.333 e. The van der Waals surface area contributed by atoms with Crippen molar-refractivity contribution in [3.8, 4) is 0 Å². The van der Waals surface area contributed by atoms with Gasteiger partial charge < -0.3 is 9.88 Å². The van der Waals surface area contributed by atoms with Gasteiger partial charge in [-0.15, -0.1) is 0 Å². The molecule has 6 nitrogen and oxygen atoms in total. The lowest BCUT2D eigenvalue weighted by Crippen LogP contribution is -2.34. The van der Waals surface area contributed by atoms with Gasteiger partial charge >= 0.3 is 5.69 Å². The van der Waals surface area contributed by atoms with Crippen molar-refractivity contribution < 1.29 is 4.79 Å². The lowest BCUT2D eigenvalue weighted by atomic mass is 10.2. The van der Waals surface area contributed by atoms with E-state index in [4.69, 9.17) is 0 Å². The SMILES string of the molecule is CCN(Cc1ccccc1)C(=O)c1cc(=O)[nH]c(=O)[nH]1. The number of carbonyl (C=O) groups is 1. The Balaban J connectivity index is 2.25. The molecule has 1 aromatic carbocycles. The van der Waals surface area contributed by atoms with E-state index in [2.05, 4.69) is 4.98 Å². The van der Waals surface area contributed by atoms with Gasteiger partial charge in [-0.05, 0) is 12.5 Å². The van der Waals surface area contributed by atoms with Crippen LogP contribution in [0, 0.1) is 0 Å². The number of amides is 1. The Bertz CT molecular complexity index is 675. The lowest BCUT2D eigenvalue weighted by Gasteiger charge is -2.20. The van der Waals surface area contributed by atoms with Gasteiger partial charge in [-0.1, -0.05) is 30.3 Å². The van der Waals surface area contributed by atoms with Crippen molar-refractivity contribution >= 4 is 5.91 Å². The first-order chi connectivity index (χ1) is 9.60. The molecule has 104 valence electrons. The Morgan fingerprint density at radius 3 is 2.45 bits per heavy atom. The van der Waals surface area contributed by atoms with E-state index >= 15 is 0 Å². The highest BCUT2D eigenvalue weighted by Crippen LogP contribution is 2.07. The Morgan fingerprint density at radius 1 is 1.15 bits per heavy atom. The van der Waals surface area contributed by atoms with Crippen LogP contribution in [-0.2, 0) is 6.54 Å². The van der Waals surface area contributed by atoms with Crippen molar-refractivity contribution in [2.75, 3.05) is 6.54 Å². The Labute approximate surface area is 115 Å². The Hall–Kier alpha value is -2.63. The van der Waals surface area contributed by atoms with Gasteiger partial charge in [0.15, 0.2) is 0 Å². The highest BCUT2D eigenvalue weighted by molar-refractivity contribution is 5.92. The van der Waals surface area contributed by atoms with E-state index < -0.39 is 11.2 Å². The maximum atomic E-state index is 12.3. The third-order valence-electron chi connectivity index (χ3n) is 2.88. The fraction of sp³-hybridized carbons (Fsp3) is 0.214. The van der Waals surface area contributed by atoms with Crippen LogP contribution >= 0.6 is 0 Å². The molecule has 0 spiro atoms. The van der Waals surface area contributed by atoms with Crippen molar-refractivity contribution in [3.05, 3.63) is 68.5 Å². The number of carbonyl (C=O) groups excluding carboxylic acids is 1. The van der Waals surface area contributed by atoms with E-state index in [0.717, 1.165) is 11.6 Å². The zero-order chi connectivity index (χ0) is 14.5. The number of aromatic nitrogens is 2. The number of aromatic amines is 2. The van der Waals surface area contributed by atoms with Gasteiger partial charge in [0.25, 0.3) is 11.5 Å². The van der Waals surface area contributed by atoms with Crippen molar-refractivity contribution in [3.63, 3.8) is 0 Å². The summed E-state index contributed by atoms with van der Waals surface area (Å²) in [5, 5.41) is 0. The van der Waals surface area contributed by atoms with E-state index in [1.807, 2.05) is 42.2 Å². The number of nitrogens with one attached hydrogen (secondary N) is 2. The number of rotatable bonds is 4. The van der Waals surface area contributed by atoms with Gasteiger partial charge in [0.05, 0.1) is 0 Å². The van der Waals surface area contributed by atoms with Gasteiger partial charge in [-0.3, -0.25) is 14.6 Å². The molecule has 0 saturated carbocycles. The molecule has 1 heterocycles. The van der Waals surface area contributed by atoms with Crippen LogP contribution in [0.4, 0.5) is 0 Å². The van der Waals surface area contributed by atoms with Gasteiger partial charge in [-0.25, -0.2) is 4.79 Å². The third kappa shape index (κ3) is 3.23. The second kappa shape index (κ2) is 6.01. The summed E-state index contributed by atoms with van der Waals surface area (Å²) in [6.07, 6.45) is 0. The molecule has 0 fully saturated rings. The van der Waals surface area contributed by atoms with Crippen molar-refractivity contribution in [1.29, 1.82) is 0 Å². The summed E-state index contributed by atoms with van der Waals surface area (Å²) in [7, 11) is 0. The predicted octanol–water partition coefficient (Wildman–Crippen LogP) is 0.725. The quantitative estimate of drug-likeness (QED) is 0.860. The summed E-state index contributed by atoms with van der Waals surface area (Å²) < 4.78 is 0. The van der Waals surface area contributed by atoms with Gasteiger partial charge in [0.2, 0.25) is 0 Å². The largest absolute Gasteiger partial charge is 0.333 e. The molecule has 0 aliphatic heterocycles. The molecular weight excluding hydrogens is 258 g/mol. The molecule has 0 aliphatic carbocycles. The molecule has 1 amide bonds. The standard InChI is InChI=1S/C14H15N3O3/c1-2-17(9-10-6-4-3-5-7-10)13(19)11-8-12(18)16-14(20)15-11/h3-8H,2,9H2,1H3,(H2,15,16,18,20).